The van der Waals surface area contributed by atoms with Crippen molar-refractivity contribution in [2.45, 2.75) is 76.0 Å². The predicted octanol–water partition coefficient (Wildman–Crippen LogP) is 5.51. The van der Waals surface area contributed by atoms with E-state index in [1.807, 2.05) is 19.1 Å². The molecule has 0 spiro atoms. The van der Waals surface area contributed by atoms with E-state index in [0.29, 0.717) is 23.6 Å². The largest absolute Gasteiger partial charge is 0.385 e. The van der Waals surface area contributed by atoms with E-state index >= 15 is 0 Å². The number of nitrogens with one attached hydrogen (secondary N) is 1. The van der Waals surface area contributed by atoms with E-state index in [4.69, 9.17) is 14.0 Å². The van der Waals surface area contributed by atoms with Crippen LogP contribution < -0.4 is 5.32 Å². The van der Waals surface area contributed by atoms with Crippen molar-refractivity contribution in [1.82, 2.24) is 20.3 Å². The van der Waals surface area contributed by atoms with Gasteiger partial charge in [0.15, 0.2) is 11.6 Å². The molecule has 2 heterocycles. The molecular weight excluding hydrogens is 402 g/mol. The highest BCUT2D eigenvalue weighted by Gasteiger charge is 2.48. The molecule has 7 heteroatoms. The molecule has 32 heavy (non-hydrogen) atoms. The summed E-state index contributed by atoms with van der Waals surface area (Å²) in [5.74, 6) is 5.15. The molecule has 3 unspecified atom stereocenters. The Hall–Kier alpha value is -2.70. The molecule has 1 N–H and O–H groups in total. The lowest BCUT2D eigenvalue weighted by molar-refractivity contribution is 0.0732. The smallest absolute Gasteiger partial charge is 0.257 e. The van der Waals surface area contributed by atoms with Gasteiger partial charge in [-0.2, -0.15) is 9.97 Å². The fourth-order valence-corrected chi connectivity index (χ4v) is 5.79. The van der Waals surface area contributed by atoms with Crippen LogP contribution >= 0.6 is 0 Å². The predicted molar refractivity (Wildman–Crippen MR) is 120 cm³/mol. The van der Waals surface area contributed by atoms with Gasteiger partial charge in [-0.25, -0.2) is 0 Å². The normalized spacial score (nSPS) is 27.4. The first-order valence-corrected chi connectivity index (χ1v) is 12.2. The van der Waals surface area contributed by atoms with Gasteiger partial charge in [-0.3, -0.25) is 0 Å². The Bertz CT molecular complexity index is 1090. The molecule has 3 aromatic rings. The second kappa shape index (κ2) is 8.01. The van der Waals surface area contributed by atoms with Gasteiger partial charge in [0, 0.05) is 35.5 Å². The van der Waals surface area contributed by atoms with Gasteiger partial charge in [0.25, 0.3) is 5.89 Å². The van der Waals surface area contributed by atoms with Crippen molar-refractivity contribution in [3.63, 3.8) is 0 Å². The second-order valence-electron chi connectivity index (χ2n) is 10.00. The molecule has 3 aliphatic rings. The molecule has 3 fully saturated rings. The average Bonchev–Trinajstić information content (AvgIpc) is 3.34. The van der Waals surface area contributed by atoms with Crippen LogP contribution in [0, 0.1) is 11.8 Å². The molecule has 168 valence electrons. The summed E-state index contributed by atoms with van der Waals surface area (Å²) in [6, 6.07) is 8.30. The zero-order chi connectivity index (χ0) is 21.5. The lowest BCUT2D eigenvalue weighted by Crippen LogP contribution is -2.42. The molecule has 3 aliphatic carbocycles. The highest BCUT2D eigenvalue weighted by Crippen LogP contribution is 2.52. The Morgan fingerprint density at radius 2 is 2.00 bits per heavy atom. The summed E-state index contributed by atoms with van der Waals surface area (Å²) in [6.07, 6.45) is 10.5. The number of anilines is 1. The zero-order valence-corrected chi connectivity index (χ0v) is 18.7. The van der Waals surface area contributed by atoms with Crippen LogP contribution in [0.1, 0.15) is 81.7 Å². The standard InChI is InChI=1S/C25H31N5O2/c1-2-21-27-23(31-29-21)17-5-3-7-20(13-17)26-15-19-10-12-25(11-4-6-18(19)14-25)24-28-22(30-32-24)16-8-9-16/h3,5,7,13,16,18-19,26H,2,4,6,8-12,14-15H2,1H3. The third-order valence-electron chi connectivity index (χ3n) is 7.84. The maximum Gasteiger partial charge on any atom is 0.257 e. The van der Waals surface area contributed by atoms with Crippen molar-refractivity contribution < 1.29 is 9.05 Å². The molecule has 6 rings (SSSR count). The van der Waals surface area contributed by atoms with E-state index < -0.39 is 0 Å². The molecule has 3 atom stereocenters. The van der Waals surface area contributed by atoms with Gasteiger partial charge in [0.2, 0.25) is 5.89 Å². The Balaban J connectivity index is 1.12. The van der Waals surface area contributed by atoms with Crippen LogP contribution in [0.3, 0.4) is 0 Å². The Kier molecular flexibility index (Phi) is 5.00. The maximum absolute atomic E-state index is 5.81. The van der Waals surface area contributed by atoms with Gasteiger partial charge in [-0.05, 0) is 68.6 Å². The van der Waals surface area contributed by atoms with Crippen molar-refractivity contribution in [2.75, 3.05) is 11.9 Å². The van der Waals surface area contributed by atoms with E-state index in [0.717, 1.165) is 48.2 Å². The minimum atomic E-state index is 0.119. The SMILES string of the molecule is CCc1noc(-c2cccc(NCC3CCC4(c5nc(C6CC6)no5)CCCC3C4)c2)n1. The highest BCUT2D eigenvalue weighted by atomic mass is 16.5. The fraction of sp³-hybridized carbons (Fsp3) is 0.600. The third-order valence-corrected chi connectivity index (χ3v) is 7.84. The number of hydrogen-bond acceptors (Lipinski definition) is 7. The summed E-state index contributed by atoms with van der Waals surface area (Å²) in [7, 11) is 0. The summed E-state index contributed by atoms with van der Waals surface area (Å²) < 4.78 is 11.2. The van der Waals surface area contributed by atoms with Crippen LogP contribution in [0.15, 0.2) is 33.3 Å². The fourth-order valence-electron chi connectivity index (χ4n) is 5.79. The summed E-state index contributed by atoms with van der Waals surface area (Å²) in [4.78, 5) is 9.32. The summed E-state index contributed by atoms with van der Waals surface area (Å²) in [5.41, 5.74) is 2.19. The van der Waals surface area contributed by atoms with Gasteiger partial charge in [-0.1, -0.05) is 36.1 Å². The highest BCUT2D eigenvalue weighted by molar-refractivity contribution is 5.61. The third kappa shape index (κ3) is 3.71. The van der Waals surface area contributed by atoms with Crippen molar-refractivity contribution in [3.05, 3.63) is 41.8 Å². The molecule has 0 amide bonds. The van der Waals surface area contributed by atoms with E-state index in [2.05, 4.69) is 32.7 Å². The van der Waals surface area contributed by atoms with Crippen LogP contribution in [-0.2, 0) is 11.8 Å². The number of nitrogens with zero attached hydrogens (tertiary/aromatic N) is 4. The van der Waals surface area contributed by atoms with Crippen LogP contribution in [-0.4, -0.2) is 26.8 Å². The zero-order valence-electron chi connectivity index (χ0n) is 18.7. The molecule has 2 aromatic heterocycles. The lowest BCUT2D eigenvalue weighted by Gasteiger charge is -2.46. The van der Waals surface area contributed by atoms with Crippen LogP contribution in [0.5, 0.6) is 0 Å². The molecule has 7 nitrogen and oxygen atoms in total. The first-order chi connectivity index (χ1) is 15.7. The number of fused-ring (bicyclic) bond motifs is 2. The van der Waals surface area contributed by atoms with Crippen LogP contribution in [0.2, 0.25) is 0 Å². The average molecular weight is 434 g/mol. The van der Waals surface area contributed by atoms with Gasteiger partial charge < -0.3 is 14.4 Å². The Labute approximate surface area is 188 Å². The summed E-state index contributed by atoms with van der Waals surface area (Å²) in [6.45, 7) is 3.02. The van der Waals surface area contributed by atoms with Crippen LogP contribution in [0.25, 0.3) is 11.5 Å². The number of aromatic nitrogens is 4. The summed E-state index contributed by atoms with van der Waals surface area (Å²) >= 11 is 0. The molecule has 1 aromatic carbocycles. The topological polar surface area (TPSA) is 89.9 Å². The van der Waals surface area contributed by atoms with Crippen molar-refractivity contribution in [1.29, 1.82) is 0 Å². The van der Waals surface area contributed by atoms with Crippen LogP contribution in [0.4, 0.5) is 5.69 Å². The van der Waals surface area contributed by atoms with Gasteiger partial charge >= 0.3 is 0 Å². The number of benzene rings is 1. The van der Waals surface area contributed by atoms with Gasteiger partial charge in [0.1, 0.15) is 0 Å². The minimum absolute atomic E-state index is 0.119. The first-order valence-electron chi connectivity index (χ1n) is 12.2. The van der Waals surface area contributed by atoms with Crippen molar-refractivity contribution in [2.24, 2.45) is 11.8 Å². The first kappa shape index (κ1) is 19.9. The monoisotopic (exact) mass is 433 g/mol. The number of rotatable bonds is 7. The molecule has 2 bridgehead atoms. The number of aryl methyl sites for hydroxylation is 1. The van der Waals surface area contributed by atoms with E-state index in [1.165, 1.54) is 44.9 Å². The Morgan fingerprint density at radius 1 is 1.06 bits per heavy atom. The van der Waals surface area contributed by atoms with Crippen molar-refractivity contribution in [3.8, 4) is 11.5 Å². The van der Waals surface area contributed by atoms with Crippen molar-refractivity contribution >= 4 is 5.69 Å². The minimum Gasteiger partial charge on any atom is -0.385 e. The second-order valence-corrected chi connectivity index (χ2v) is 10.00. The van der Waals surface area contributed by atoms with Gasteiger partial charge in [0.05, 0.1) is 0 Å². The molecule has 3 saturated carbocycles. The number of hydrogen-bond donors (Lipinski definition) is 1. The lowest BCUT2D eigenvalue weighted by atomic mass is 9.58. The van der Waals surface area contributed by atoms with E-state index in [1.54, 1.807) is 0 Å². The molecule has 0 radical (unpaired) electrons. The van der Waals surface area contributed by atoms with E-state index in [9.17, 15) is 0 Å². The quantitative estimate of drug-likeness (QED) is 0.525. The summed E-state index contributed by atoms with van der Waals surface area (Å²) in [5, 5.41) is 12.0. The molecular formula is C25H31N5O2. The molecule has 0 aliphatic heterocycles. The Morgan fingerprint density at radius 3 is 2.84 bits per heavy atom. The maximum atomic E-state index is 5.81. The van der Waals surface area contributed by atoms with E-state index in [-0.39, 0.29) is 5.41 Å². The van der Waals surface area contributed by atoms with Gasteiger partial charge in [-0.15, -0.1) is 0 Å². The molecule has 0 saturated heterocycles.